The Balaban J connectivity index is 1.43. The Morgan fingerprint density at radius 1 is 0.941 bits per heavy atom. The molecule has 0 spiro atoms. The van der Waals surface area contributed by atoms with Gasteiger partial charge in [-0.15, -0.1) is 5.10 Å². The monoisotopic (exact) mass is 455 g/mol. The zero-order valence-electron chi connectivity index (χ0n) is 18.8. The smallest absolute Gasteiger partial charge is 0.307 e. The van der Waals surface area contributed by atoms with Gasteiger partial charge in [0, 0.05) is 18.5 Å². The normalized spacial score (nSPS) is 11.9. The van der Waals surface area contributed by atoms with Crippen molar-refractivity contribution in [2.75, 3.05) is 0 Å². The number of aromatic nitrogens is 3. The first-order valence-electron chi connectivity index (χ1n) is 11.2. The van der Waals surface area contributed by atoms with Crippen molar-refractivity contribution in [3.8, 4) is 11.1 Å². The SMILES string of the molecule is CCc1ccc(-c2ccc(C(=O)CC(CCn3nnc4ccccc4c3=O)C(=O)O)cc2)cc1. The van der Waals surface area contributed by atoms with Gasteiger partial charge in [-0.1, -0.05) is 72.8 Å². The molecule has 4 aromatic rings. The maximum Gasteiger partial charge on any atom is 0.307 e. The van der Waals surface area contributed by atoms with Crippen molar-refractivity contribution < 1.29 is 14.7 Å². The first-order valence-corrected chi connectivity index (χ1v) is 11.2. The van der Waals surface area contributed by atoms with Crippen molar-refractivity contribution in [3.05, 3.63) is 94.3 Å². The molecule has 7 heteroatoms. The Labute approximate surface area is 196 Å². The molecule has 0 fully saturated rings. The van der Waals surface area contributed by atoms with E-state index < -0.39 is 11.9 Å². The van der Waals surface area contributed by atoms with Gasteiger partial charge in [0.15, 0.2) is 5.78 Å². The van der Waals surface area contributed by atoms with E-state index in [2.05, 4.69) is 29.4 Å². The predicted octanol–water partition coefficient (Wildman–Crippen LogP) is 4.38. The van der Waals surface area contributed by atoms with Crippen LogP contribution in [0.2, 0.25) is 0 Å². The summed E-state index contributed by atoms with van der Waals surface area (Å²) < 4.78 is 1.15. The standard InChI is InChI=1S/C27H25N3O4/c1-2-18-7-9-19(10-8-18)20-11-13-21(14-12-20)25(31)17-22(27(33)34)15-16-30-26(32)23-5-3-4-6-24(23)28-29-30/h3-14,22H,2,15-17H2,1H3,(H,33,34). The van der Waals surface area contributed by atoms with Crippen LogP contribution >= 0.6 is 0 Å². The molecule has 1 N–H and O–H groups in total. The molecule has 0 saturated heterocycles. The number of hydrogen-bond acceptors (Lipinski definition) is 5. The summed E-state index contributed by atoms with van der Waals surface area (Å²) in [7, 11) is 0. The second kappa shape index (κ2) is 10.2. The van der Waals surface area contributed by atoms with Gasteiger partial charge in [0.25, 0.3) is 5.56 Å². The fourth-order valence-corrected chi connectivity index (χ4v) is 3.88. The molecular weight excluding hydrogens is 430 g/mol. The van der Waals surface area contributed by atoms with E-state index in [1.807, 2.05) is 24.3 Å². The third-order valence-electron chi connectivity index (χ3n) is 6.00. The molecule has 0 aliphatic rings. The maximum absolute atomic E-state index is 12.8. The van der Waals surface area contributed by atoms with E-state index in [4.69, 9.17) is 0 Å². The zero-order chi connectivity index (χ0) is 24.1. The Morgan fingerprint density at radius 3 is 2.24 bits per heavy atom. The number of carboxylic acids is 1. The molecule has 0 aliphatic heterocycles. The van der Waals surface area contributed by atoms with Crippen molar-refractivity contribution in [1.29, 1.82) is 0 Å². The summed E-state index contributed by atoms with van der Waals surface area (Å²) in [5.41, 5.74) is 3.92. The third-order valence-corrected chi connectivity index (χ3v) is 6.00. The van der Waals surface area contributed by atoms with E-state index in [1.54, 1.807) is 36.4 Å². The van der Waals surface area contributed by atoms with Gasteiger partial charge in [0.2, 0.25) is 0 Å². The second-order valence-electron chi connectivity index (χ2n) is 8.21. The van der Waals surface area contributed by atoms with Gasteiger partial charge >= 0.3 is 5.97 Å². The molecule has 1 unspecified atom stereocenters. The number of carbonyl (C=O) groups excluding carboxylic acids is 1. The van der Waals surface area contributed by atoms with E-state index in [-0.39, 0.29) is 30.7 Å². The molecule has 3 aromatic carbocycles. The van der Waals surface area contributed by atoms with Crippen molar-refractivity contribution in [2.24, 2.45) is 5.92 Å². The van der Waals surface area contributed by atoms with E-state index in [0.29, 0.717) is 16.5 Å². The molecular formula is C27H25N3O4. The molecule has 0 radical (unpaired) electrons. The van der Waals surface area contributed by atoms with E-state index in [9.17, 15) is 19.5 Å². The Bertz CT molecular complexity index is 1380. The molecule has 1 heterocycles. The molecule has 0 amide bonds. The lowest BCUT2D eigenvalue weighted by atomic mass is 9.94. The summed E-state index contributed by atoms with van der Waals surface area (Å²) in [6, 6.07) is 22.3. The predicted molar refractivity (Wildman–Crippen MR) is 130 cm³/mol. The molecule has 4 rings (SSSR count). The van der Waals surface area contributed by atoms with Crippen LogP contribution in [0.5, 0.6) is 0 Å². The van der Waals surface area contributed by atoms with E-state index in [0.717, 1.165) is 22.2 Å². The number of fused-ring (bicyclic) bond motifs is 1. The Hall–Kier alpha value is -4.13. The summed E-state index contributed by atoms with van der Waals surface area (Å²) in [5, 5.41) is 18.0. The summed E-state index contributed by atoms with van der Waals surface area (Å²) in [5.74, 6) is -2.27. The van der Waals surface area contributed by atoms with Crippen LogP contribution in [0.4, 0.5) is 0 Å². The lowest BCUT2D eigenvalue weighted by Crippen LogP contribution is -2.27. The molecule has 1 atom stereocenters. The first kappa shape index (κ1) is 23.0. The number of nitrogens with zero attached hydrogens (tertiary/aromatic N) is 3. The zero-order valence-corrected chi connectivity index (χ0v) is 18.8. The summed E-state index contributed by atoms with van der Waals surface area (Å²) in [6.45, 7) is 2.17. The van der Waals surface area contributed by atoms with Crippen molar-refractivity contribution >= 4 is 22.7 Å². The van der Waals surface area contributed by atoms with E-state index in [1.165, 1.54) is 5.56 Å². The highest BCUT2D eigenvalue weighted by Gasteiger charge is 2.22. The lowest BCUT2D eigenvalue weighted by Gasteiger charge is -2.12. The fourth-order valence-electron chi connectivity index (χ4n) is 3.88. The number of aliphatic carboxylic acids is 1. The van der Waals surface area contributed by atoms with Gasteiger partial charge in [-0.25, -0.2) is 4.68 Å². The second-order valence-corrected chi connectivity index (χ2v) is 8.21. The van der Waals surface area contributed by atoms with Crippen LogP contribution in [0.1, 0.15) is 35.7 Å². The minimum Gasteiger partial charge on any atom is -0.481 e. The summed E-state index contributed by atoms with van der Waals surface area (Å²) in [6.07, 6.45) is 0.909. The number of ketones is 1. The minimum atomic E-state index is -1.08. The van der Waals surface area contributed by atoms with Crippen LogP contribution < -0.4 is 5.56 Å². The topological polar surface area (TPSA) is 102 Å². The largest absolute Gasteiger partial charge is 0.481 e. The van der Waals surface area contributed by atoms with Gasteiger partial charge in [-0.2, -0.15) is 0 Å². The lowest BCUT2D eigenvalue weighted by molar-refractivity contribution is -0.142. The molecule has 34 heavy (non-hydrogen) atoms. The van der Waals surface area contributed by atoms with Crippen LogP contribution in [-0.4, -0.2) is 31.9 Å². The molecule has 0 aliphatic carbocycles. The van der Waals surface area contributed by atoms with Gasteiger partial charge < -0.3 is 5.11 Å². The van der Waals surface area contributed by atoms with Gasteiger partial charge in [0.1, 0.15) is 5.52 Å². The number of hydrogen-bond donors (Lipinski definition) is 1. The number of Topliss-reactive ketones (excluding diaryl/α,β-unsaturated/α-hetero) is 1. The van der Waals surface area contributed by atoms with E-state index >= 15 is 0 Å². The minimum absolute atomic E-state index is 0.0631. The Kier molecular flexibility index (Phi) is 6.92. The molecule has 172 valence electrons. The highest BCUT2D eigenvalue weighted by molar-refractivity contribution is 5.98. The van der Waals surface area contributed by atoms with Crippen LogP contribution in [0.25, 0.3) is 22.0 Å². The number of rotatable bonds is 9. The molecule has 0 saturated carbocycles. The van der Waals surface area contributed by atoms with Gasteiger partial charge in [0.05, 0.1) is 11.3 Å². The van der Waals surface area contributed by atoms with Crippen molar-refractivity contribution in [3.63, 3.8) is 0 Å². The van der Waals surface area contributed by atoms with Gasteiger partial charge in [-0.05, 0) is 41.7 Å². The maximum atomic E-state index is 12.8. The number of aryl methyl sites for hydroxylation is 2. The molecule has 0 bridgehead atoms. The summed E-state index contributed by atoms with van der Waals surface area (Å²) >= 11 is 0. The third kappa shape index (κ3) is 5.09. The van der Waals surface area contributed by atoms with Crippen LogP contribution in [-0.2, 0) is 17.8 Å². The Morgan fingerprint density at radius 2 is 1.59 bits per heavy atom. The molecule has 1 aromatic heterocycles. The number of benzene rings is 3. The van der Waals surface area contributed by atoms with Crippen LogP contribution in [0.15, 0.2) is 77.6 Å². The van der Waals surface area contributed by atoms with Crippen molar-refractivity contribution in [1.82, 2.24) is 15.0 Å². The first-order chi connectivity index (χ1) is 16.5. The molecule has 7 nitrogen and oxygen atoms in total. The fraction of sp³-hybridized carbons (Fsp3) is 0.222. The quantitative estimate of drug-likeness (QED) is 0.376. The van der Waals surface area contributed by atoms with Crippen LogP contribution in [0.3, 0.4) is 0 Å². The number of carboxylic acid groups (broad SMARTS) is 1. The average molecular weight is 456 g/mol. The average Bonchev–Trinajstić information content (AvgIpc) is 2.87. The van der Waals surface area contributed by atoms with Gasteiger partial charge in [-0.3, -0.25) is 14.4 Å². The van der Waals surface area contributed by atoms with Crippen molar-refractivity contribution in [2.45, 2.75) is 32.7 Å². The number of carbonyl (C=O) groups is 2. The summed E-state index contributed by atoms with van der Waals surface area (Å²) in [4.78, 5) is 37.2. The highest BCUT2D eigenvalue weighted by atomic mass is 16.4. The van der Waals surface area contributed by atoms with Crippen LogP contribution in [0, 0.1) is 5.92 Å². The highest BCUT2D eigenvalue weighted by Crippen LogP contribution is 2.22.